The van der Waals surface area contributed by atoms with E-state index in [2.05, 4.69) is 17.6 Å². The van der Waals surface area contributed by atoms with E-state index in [4.69, 9.17) is 5.73 Å². The van der Waals surface area contributed by atoms with Gasteiger partial charge < -0.3 is 16.4 Å². The number of urea groups is 1. The summed E-state index contributed by atoms with van der Waals surface area (Å²) in [4.78, 5) is 11.7. The lowest BCUT2D eigenvalue weighted by atomic mass is 10.1. The number of fused-ring (bicyclic) bond motifs is 1. The van der Waals surface area contributed by atoms with Gasteiger partial charge in [-0.2, -0.15) is 0 Å². The Morgan fingerprint density at radius 1 is 1.50 bits per heavy atom. The summed E-state index contributed by atoms with van der Waals surface area (Å²) in [5.41, 5.74) is 9.27. The summed E-state index contributed by atoms with van der Waals surface area (Å²) in [5.74, 6) is 0. The molecule has 0 saturated carbocycles. The number of hydrogen-bond donors (Lipinski definition) is 3. The molecule has 0 bridgehead atoms. The Hall–Kier alpha value is -1.55. The summed E-state index contributed by atoms with van der Waals surface area (Å²) < 4.78 is 0. The van der Waals surface area contributed by atoms with Gasteiger partial charge in [-0.05, 0) is 36.5 Å². The van der Waals surface area contributed by atoms with Crippen LogP contribution in [0.5, 0.6) is 0 Å². The van der Waals surface area contributed by atoms with Gasteiger partial charge in [-0.3, -0.25) is 0 Å². The molecule has 18 heavy (non-hydrogen) atoms. The fourth-order valence-electron chi connectivity index (χ4n) is 2.35. The molecule has 0 aromatic heterocycles. The van der Waals surface area contributed by atoms with E-state index < -0.39 is 0 Å². The molecule has 0 radical (unpaired) electrons. The Kier molecular flexibility index (Phi) is 4.20. The molecule has 1 aliphatic rings. The zero-order valence-corrected chi connectivity index (χ0v) is 10.8. The number of hydrogen-bond acceptors (Lipinski definition) is 2. The molecule has 2 rings (SSSR count). The molecule has 1 aromatic rings. The van der Waals surface area contributed by atoms with E-state index in [0.29, 0.717) is 0 Å². The Balaban J connectivity index is 2.00. The highest BCUT2D eigenvalue weighted by molar-refractivity contribution is 5.90. The van der Waals surface area contributed by atoms with Gasteiger partial charge in [0.25, 0.3) is 0 Å². The number of carbonyl (C=O) groups excluding carboxylic acids is 1. The van der Waals surface area contributed by atoms with Crippen molar-refractivity contribution in [1.29, 1.82) is 0 Å². The zero-order chi connectivity index (χ0) is 13.0. The summed E-state index contributed by atoms with van der Waals surface area (Å²) in [6, 6.07) is 5.93. The number of anilines is 1. The molecule has 1 aromatic carbocycles. The van der Waals surface area contributed by atoms with Gasteiger partial charge in [0.2, 0.25) is 0 Å². The van der Waals surface area contributed by atoms with E-state index in [1.807, 2.05) is 18.2 Å². The van der Waals surface area contributed by atoms with Crippen molar-refractivity contribution in [2.24, 2.45) is 5.73 Å². The van der Waals surface area contributed by atoms with Crippen molar-refractivity contribution in [1.82, 2.24) is 5.32 Å². The van der Waals surface area contributed by atoms with E-state index in [1.165, 1.54) is 11.1 Å². The number of carbonyl (C=O) groups is 1. The second kappa shape index (κ2) is 5.87. The molecule has 0 aliphatic heterocycles. The van der Waals surface area contributed by atoms with Crippen LogP contribution in [0.3, 0.4) is 0 Å². The van der Waals surface area contributed by atoms with E-state index >= 15 is 0 Å². The van der Waals surface area contributed by atoms with Crippen molar-refractivity contribution in [2.45, 2.75) is 38.6 Å². The number of unbranched alkanes of at least 4 members (excludes halogenated alkanes) is 1. The summed E-state index contributed by atoms with van der Waals surface area (Å²) in [6.45, 7) is 2.82. The third-order valence-electron chi connectivity index (χ3n) is 3.38. The van der Waals surface area contributed by atoms with Gasteiger partial charge in [-0.25, -0.2) is 4.79 Å². The van der Waals surface area contributed by atoms with Crippen LogP contribution in [0.4, 0.5) is 10.5 Å². The molecule has 0 spiro atoms. The first-order valence-electron chi connectivity index (χ1n) is 6.64. The average Bonchev–Trinajstić information content (AvgIpc) is 2.73. The first kappa shape index (κ1) is 12.9. The van der Waals surface area contributed by atoms with Crippen LogP contribution in [0.25, 0.3) is 0 Å². The van der Waals surface area contributed by atoms with Crippen LogP contribution in [-0.4, -0.2) is 12.6 Å². The first-order valence-corrected chi connectivity index (χ1v) is 6.64. The SMILES string of the molecule is CCCCNC(=O)Nc1cccc2c1CCC2N. The molecular formula is C14H21N3O. The van der Waals surface area contributed by atoms with Crippen molar-refractivity contribution in [3.8, 4) is 0 Å². The third kappa shape index (κ3) is 2.82. The van der Waals surface area contributed by atoms with Gasteiger partial charge in [0.1, 0.15) is 0 Å². The van der Waals surface area contributed by atoms with E-state index in [1.54, 1.807) is 0 Å². The predicted molar refractivity (Wildman–Crippen MR) is 73.6 cm³/mol. The van der Waals surface area contributed by atoms with Crippen LogP contribution in [0.2, 0.25) is 0 Å². The highest BCUT2D eigenvalue weighted by Crippen LogP contribution is 2.34. The largest absolute Gasteiger partial charge is 0.338 e. The third-order valence-corrected chi connectivity index (χ3v) is 3.38. The number of amides is 2. The smallest absolute Gasteiger partial charge is 0.319 e. The Morgan fingerprint density at radius 3 is 3.11 bits per heavy atom. The number of rotatable bonds is 4. The Labute approximate surface area is 108 Å². The molecular weight excluding hydrogens is 226 g/mol. The quantitative estimate of drug-likeness (QED) is 0.716. The molecule has 1 aliphatic carbocycles. The minimum absolute atomic E-state index is 0.116. The number of nitrogens with two attached hydrogens (primary N) is 1. The fraction of sp³-hybridized carbons (Fsp3) is 0.500. The standard InChI is InChI=1S/C14H21N3O/c1-2-3-9-16-14(18)17-13-6-4-5-10-11(13)7-8-12(10)15/h4-6,12H,2-3,7-9,15H2,1H3,(H2,16,17,18). The van der Waals surface area contributed by atoms with Gasteiger partial charge in [0.05, 0.1) is 0 Å². The van der Waals surface area contributed by atoms with Gasteiger partial charge in [0, 0.05) is 18.3 Å². The Bertz CT molecular complexity index is 431. The summed E-state index contributed by atoms with van der Waals surface area (Å²) in [5, 5.41) is 5.77. The lowest BCUT2D eigenvalue weighted by Crippen LogP contribution is -2.29. The normalized spacial score (nSPS) is 17.3. The fourth-order valence-corrected chi connectivity index (χ4v) is 2.35. The average molecular weight is 247 g/mol. The maximum Gasteiger partial charge on any atom is 0.319 e. The number of benzene rings is 1. The molecule has 1 atom stereocenters. The molecule has 1 unspecified atom stereocenters. The zero-order valence-electron chi connectivity index (χ0n) is 10.8. The molecule has 0 heterocycles. The van der Waals surface area contributed by atoms with Crippen molar-refractivity contribution in [3.05, 3.63) is 29.3 Å². The second-order valence-corrected chi connectivity index (χ2v) is 4.75. The monoisotopic (exact) mass is 247 g/mol. The molecule has 4 nitrogen and oxygen atoms in total. The first-order chi connectivity index (χ1) is 8.72. The lowest BCUT2D eigenvalue weighted by Gasteiger charge is -2.12. The highest BCUT2D eigenvalue weighted by atomic mass is 16.2. The topological polar surface area (TPSA) is 67.2 Å². The number of nitrogens with one attached hydrogen (secondary N) is 2. The van der Waals surface area contributed by atoms with E-state index in [0.717, 1.165) is 37.9 Å². The van der Waals surface area contributed by atoms with Crippen molar-refractivity contribution < 1.29 is 4.79 Å². The maximum absolute atomic E-state index is 11.7. The maximum atomic E-state index is 11.7. The van der Waals surface area contributed by atoms with Crippen LogP contribution in [-0.2, 0) is 6.42 Å². The van der Waals surface area contributed by atoms with Gasteiger partial charge >= 0.3 is 6.03 Å². The van der Waals surface area contributed by atoms with E-state index in [9.17, 15) is 4.79 Å². The van der Waals surface area contributed by atoms with Crippen LogP contribution < -0.4 is 16.4 Å². The van der Waals surface area contributed by atoms with Crippen molar-refractivity contribution in [3.63, 3.8) is 0 Å². The molecule has 0 fully saturated rings. The molecule has 2 amide bonds. The summed E-state index contributed by atoms with van der Waals surface area (Å²) in [6.07, 6.45) is 3.99. The molecule has 4 heteroatoms. The van der Waals surface area contributed by atoms with Crippen LogP contribution in [0.15, 0.2) is 18.2 Å². The van der Waals surface area contributed by atoms with Gasteiger partial charge in [0.15, 0.2) is 0 Å². The molecule has 0 saturated heterocycles. The van der Waals surface area contributed by atoms with Gasteiger partial charge in [-0.1, -0.05) is 25.5 Å². The summed E-state index contributed by atoms with van der Waals surface area (Å²) in [7, 11) is 0. The van der Waals surface area contributed by atoms with Crippen LogP contribution in [0.1, 0.15) is 43.4 Å². The predicted octanol–water partition coefficient (Wildman–Crippen LogP) is 2.55. The summed E-state index contributed by atoms with van der Waals surface area (Å²) >= 11 is 0. The lowest BCUT2D eigenvalue weighted by molar-refractivity contribution is 0.252. The molecule has 98 valence electrons. The van der Waals surface area contributed by atoms with Crippen molar-refractivity contribution >= 4 is 11.7 Å². The van der Waals surface area contributed by atoms with Crippen LogP contribution in [0, 0.1) is 0 Å². The minimum Gasteiger partial charge on any atom is -0.338 e. The second-order valence-electron chi connectivity index (χ2n) is 4.75. The Morgan fingerprint density at radius 2 is 2.33 bits per heavy atom. The van der Waals surface area contributed by atoms with Crippen molar-refractivity contribution in [2.75, 3.05) is 11.9 Å². The minimum atomic E-state index is -0.127. The van der Waals surface area contributed by atoms with Crippen LogP contribution >= 0.6 is 0 Å². The molecule has 4 N–H and O–H groups in total. The van der Waals surface area contributed by atoms with Gasteiger partial charge in [-0.15, -0.1) is 0 Å². The van der Waals surface area contributed by atoms with E-state index in [-0.39, 0.29) is 12.1 Å². The highest BCUT2D eigenvalue weighted by Gasteiger charge is 2.21.